The molecule has 0 spiro atoms. The summed E-state index contributed by atoms with van der Waals surface area (Å²) in [6, 6.07) is 0. The van der Waals surface area contributed by atoms with Crippen LogP contribution in [-0.2, 0) is 0 Å². The van der Waals surface area contributed by atoms with E-state index in [1.165, 1.54) is 23.9 Å². The minimum absolute atomic E-state index is 0.824. The summed E-state index contributed by atoms with van der Waals surface area (Å²) in [6.07, 6.45) is 10.6. The SMILES string of the molecule is C=CC/C=C(\C)SC(=N/C=C/N)N1CCC(C)CC1. The normalized spacial score (nSPS) is 19.2. The highest BCUT2D eigenvalue weighted by molar-refractivity contribution is 8.17. The Kier molecular flexibility index (Phi) is 7.41. The van der Waals surface area contributed by atoms with Crippen LogP contribution in [0.2, 0.25) is 0 Å². The molecule has 2 N–H and O–H groups in total. The van der Waals surface area contributed by atoms with Gasteiger partial charge in [0.05, 0.1) is 0 Å². The third kappa shape index (κ3) is 6.01. The van der Waals surface area contributed by atoms with E-state index in [1.54, 1.807) is 18.0 Å². The van der Waals surface area contributed by atoms with Gasteiger partial charge in [0.15, 0.2) is 5.17 Å². The first kappa shape index (κ1) is 15.9. The fraction of sp³-hybridized carbons (Fsp3) is 0.533. The van der Waals surface area contributed by atoms with Gasteiger partial charge in [0.1, 0.15) is 0 Å². The largest absolute Gasteiger partial charge is 0.403 e. The van der Waals surface area contributed by atoms with Gasteiger partial charge < -0.3 is 10.6 Å². The quantitative estimate of drug-likeness (QED) is 0.484. The molecule has 1 aliphatic heterocycles. The van der Waals surface area contributed by atoms with Crippen LogP contribution in [0.5, 0.6) is 0 Å². The van der Waals surface area contributed by atoms with Gasteiger partial charge in [-0.15, -0.1) is 6.58 Å². The number of nitrogens with two attached hydrogens (primary N) is 1. The average Bonchev–Trinajstić information content (AvgIpc) is 2.42. The molecular weight excluding hydrogens is 254 g/mol. The first-order chi connectivity index (χ1) is 9.17. The van der Waals surface area contributed by atoms with Crippen LogP contribution in [0.3, 0.4) is 0 Å². The second-order valence-corrected chi connectivity index (χ2v) is 6.08. The van der Waals surface area contributed by atoms with Gasteiger partial charge in [-0.05, 0) is 37.0 Å². The maximum Gasteiger partial charge on any atom is 0.168 e. The molecule has 0 unspecified atom stereocenters. The van der Waals surface area contributed by atoms with E-state index in [4.69, 9.17) is 5.73 Å². The summed E-state index contributed by atoms with van der Waals surface area (Å²) in [7, 11) is 0. The first-order valence-electron chi connectivity index (χ1n) is 6.82. The van der Waals surface area contributed by atoms with Crippen LogP contribution in [-0.4, -0.2) is 23.2 Å². The van der Waals surface area contributed by atoms with Gasteiger partial charge in [-0.1, -0.05) is 30.8 Å². The van der Waals surface area contributed by atoms with Gasteiger partial charge in [-0.2, -0.15) is 0 Å². The van der Waals surface area contributed by atoms with Crippen molar-refractivity contribution in [2.24, 2.45) is 16.6 Å². The number of aliphatic imine (C=N–C) groups is 1. The van der Waals surface area contributed by atoms with Gasteiger partial charge in [0.25, 0.3) is 0 Å². The standard InChI is InChI=1S/C15H25N3S/c1-4-5-6-14(3)19-15(17-10-9-16)18-11-7-13(2)8-12-18/h4,6,9-10,13H,1,5,7-8,11-12,16H2,2-3H3/b10-9+,14-6+,17-15?. The molecular formula is C15H25N3S. The lowest BCUT2D eigenvalue weighted by Gasteiger charge is -2.32. The van der Waals surface area contributed by atoms with Crippen molar-refractivity contribution in [3.63, 3.8) is 0 Å². The molecule has 3 nitrogen and oxygen atoms in total. The number of amidine groups is 1. The molecule has 0 aromatic rings. The van der Waals surface area contributed by atoms with Crippen molar-refractivity contribution in [2.75, 3.05) is 13.1 Å². The molecule has 0 aliphatic carbocycles. The molecule has 0 amide bonds. The number of hydrogen-bond acceptors (Lipinski definition) is 3. The minimum atomic E-state index is 0.824. The molecule has 1 heterocycles. The zero-order valence-electron chi connectivity index (χ0n) is 12.0. The van der Waals surface area contributed by atoms with Crippen LogP contribution in [0.25, 0.3) is 0 Å². The summed E-state index contributed by atoms with van der Waals surface area (Å²) in [6.45, 7) is 10.3. The number of hydrogen-bond donors (Lipinski definition) is 1. The highest BCUT2D eigenvalue weighted by Crippen LogP contribution is 2.24. The van der Waals surface area contributed by atoms with E-state index in [0.717, 1.165) is 30.6 Å². The molecule has 1 rings (SSSR count). The first-order valence-corrected chi connectivity index (χ1v) is 7.64. The van der Waals surface area contributed by atoms with Gasteiger partial charge in [0, 0.05) is 25.5 Å². The molecule has 106 valence electrons. The summed E-state index contributed by atoms with van der Waals surface area (Å²) >= 11 is 1.71. The minimum Gasteiger partial charge on any atom is -0.403 e. The maximum atomic E-state index is 5.40. The van der Waals surface area contributed by atoms with Crippen LogP contribution < -0.4 is 5.73 Å². The summed E-state index contributed by atoms with van der Waals surface area (Å²) in [5, 5.41) is 1.05. The van der Waals surface area contributed by atoms with Crippen LogP contribution in [0.15, 0.2) is 41.0 Å². The number of allylic oxidation sites excluding steroid dienone is 3. The number of rotatable bonds is 4. The molecule has 0 radical (unpaired) electrons. The Bertz CT molecular complexity index is 364. The third-order valence-corrected chi connectivity index (χ3v) is 4.18. The summed E-state index contributed by atoms with van der Waals surface area (Å²) in [5.74, 6) is 0.824. The van der Waals surface area contributed by atoms with E-state index in [0.29, 0.717) is 0 Å². The number of thioether (sulfide) groups is 1. The Labute approximate surface area is 121 Å². The zero-order chi connectivity index (χ0) is 14.1. The van der Waals surface area contributed by atoms with Crippen molar-refractivity contribution in [1.82, 2.24) is 4.90 Å². The third-order valence-electron chi connectivity index (χ3n) is 3.15. The molecule has 0 saturated carbocycles. The van der Waals surface area contributed by atoms with Crippen LogP contribution in [0.1, 0.15) is 33.1 Å². The fourth-order valence-electron chi connectivity index (χ4n) is 1.91. The maximum absolute atomic E-state index is 5.40. The predicted molar refractivity (Wildman–Crippen MR) is 86.9 cm³/mol. The fourth-order valence-corrected chi connectivity index (χ4v) is 2.81. The van der Waals surface area contributed by atoms with Crippen molar-refractivity contribution in [1.29, 1.82) is 0 Å². The number of piperidine rings is 1. The second kappa shape index (κ2) is 8.86. The lowest BCUT2D eigenvalue weighted by molar-refractivity contribution is 0.284. The molecule has 0 aromatic heterocycles. The lowest BCUT2D eigenvalue weighted by atomic mass is 10.00. The van der Waals surface area contributed by atoms with E-state index in [9.17, 15) is 0 Å². The molecule has 1 aliphatic rings. The average molecular weight is 279 g/mol. The molecule has 1 fully saturated rings. The smallest absolute Gasteiger partial charge is 0.168 e. The molecule has 0 atom stereocenters. The Balaban J connectivity index is 2.69. The van der Waals surface area contributed by atoms with E-state index < -0.39 is 0 Å². The van der Waals surface area contributed by atoms with Crippen molar-refractivity contribution in [3.8, 4) is 0 Å². The van der Waals surface area contributed by atoms with E-state index in [-0.39, 0.29) is 0 Å². The molecule has 19 heavy (non-hydrogen) atoms. The van der Waals surface area contributed by atoms with E-state index >= 15 is 0 Å². The number of likely N-dealkylation sites (tertiary alicyclic amines) is 1. The molecule has 0 aromatic carbocycles. The van der Waals surface area contributed by atoms with Crippen LogP contribution in [0, 0.1) is 5.92 Å². The van der Waals surface area contributed by atoms with Crippen molar-refractivity contribution < 1.29 is 0 Å². The Hall–Kier alpha value is -1.16. The highest BCUT2D eigenvalue weighted by Gasteiger charge is 2.19. The van der Waals surface area contributed by atoms with Gasteiger partial charge in [0.2, 0.25) is 0 Å². The van der Waals surface area contributed by atoms with E-state index in [1.807, 2.05) is 6.08 Å². The van der Waals surface area contributed by atoms with Gasteiger partial charge in [-0.25, -0.2) is 4.99 Å². The molecule has 1 saturated heterocycles. The van der Waals surface area contributed by atoms with Crippen LogP contribution in [0.4, 0.5) is 0 Å². The van der Waals surface area contributed by atoms with Crippen molar-refractivity contribution in [2.45, 2.75) is 33.1 Å². The summed E-state index contributed by atoms with van der Waals surface area (Å²) in [4.78, 5) is 8.08. The van der Waals surface area contributed by atoms with Gasteiger partial charge >= 0.3 is 0 Å². The van der Waals surface area contributed by atoms with Crippen molar-refractivity contribution >= 4 is 16.9 Å². The van der Waals surface area contributed by atoms with Gasteiger partial charge in [-0.3, -0.25) is 0 Å². The van der Waals surface area contributed by atoms with Crippen LogP contribution >= 0.6 is 11.8 Å². The number of nitrogens with zero attached hydrogens (tertiary/aromatic N) is 2. The zero-order valence-corrected chi connectivity index (χ0v) is 12.8. The Morgan fingerprint density at radius 1 is 1.47 bits per heavy atom. The monoisotopic (exact) mass is 279 g/mol. The molecule has 4 heteroatoms. The lowest BCUT2D eigenvalue weighted by Crippen LogP contribution is -2.36. The Morgan fingerprint density at radius 3 is 2.74 bits per heavy atom. The molecule has 0 bridgehead atoms. The Morgan fingerprint density at radius 2 is 2.16 bits per heavy atom. The topological polar surface area (TPSA) is 41.6 Å². The summed E-state index contributed by atoms with van der Waals surface area (Å²) in [5.41, 5.74) is 5.40. The van der Waals surface area contributed by atoms with E-state index in [2.05, 4.69) is 36.4 Å². The predicted octanol–water partition coefficient (Wildman–Crippen LogP) is 3.72. The second-order valence-electron chi connectivity index (χ2n) is 4.86. The summed E-state index contributed by atoms with van der Waals surface area (Å²) < 4.78 is 0. The highest BCUT2D eigenvalue weighted by atomic mass is 32.2. The van der Waals surface area contributed by atoms with Crippen molar-refractivity contribution in [3.05, 3.63) is 36.0 Å².